The molecule has 1 saturated heterocycles. The number of carbonyl (C=O) groups is 1. The molecule has 0 spiro atoms. The summed E-state index contributed by atoms with van der Waals surface area (Å²) in [6.45, 7) is 5.28. The standard InChI is InChI=1S/C35H37Cl3N2O4/c1-22-31(20-40(3)23(2)29-17-16-26-6-4-5-7-30(26)18-29)43-33(44-32(22)27-12-10-25(21-41)11-13-27)28-14-8-24(9-15-28)19-39-34(42)35(36,37)38/h4-18,22-23,31-33,41H,19-21H2,1-3H3,(H,39,42)/t22-,23+,31+,32+,33+/m0/s1. The Labute approximate surface area is 273 Å². The van der Waals surface area contributed by atoms with E-state index in [9.17, 15) is 9.90 Å². The number of amides is 1. The number of carbonyl (C=O) groups excluding carboxylic acids is 1. The van der Waals surface area contributed by atoms with Crippen LogP contribution in [0.2, 0.25) is 0 Å². The molecule has 5 atom stereocenters. The van der Waals surface area contributed by atoms with Crippen molar-refractivity contribution in [2.24, 2.45) is 5.92 Å². The summed E-state index contributed by atoms with van der Waals surface area (Å²) < 4.78 is 11.3. The van der Waals surface area contributed by atoms with Gasteiger partial charge in [0.15, 0.2) is 6.29 Å². The molecule has 5 rings (SSSR count). The third-order valence-corrected chi connectivity index (χ3v) is 8.99. The number of hydrogen-bond acceptors (Lipinski definition) is 5. The van der Waals surface area contributed by atoms with E-state index in [1.54, 1.807) is 0 Å². The Morgan fingerprint density at radius 3 is 2.20 bits per heavy atom. The number of likely N-dealkylation sites (N-methyl/N-ethyl adjacent to an activating group) is 1. The number of alkyl halides is 3. The van der Waals surface area contributed by atoms with Crippen LogP contribution < -0.4 is 5.32 Å². The molecular formula is C35H37Cl3N2O4. The summed E-state index contributed by atoms with van der Waals surface area (Å²) in [5.74, 6) is -0.631. The topological polar surface area (TPSA) is 71.0 Å². The van der Waals surface area contributed by atoms with Crippen LogP contribution in [-0.4, -0.2) is 39.4 Å². The summed E-state index contributed by atoms with van der Waals surface area (Å²) in [6, 6.07) is 30.8. The second kappa shape index (κ2) is 14.2. The average molecular weight is 656 g/mol. The van der Waals surface area contributed by atoms with Crippen molar-refractivity contribution >= 4 is 51.5 Å². The van der Waals surface area contributed by atoms with E-state index in [2.05, 4.69) is 73.6 Å². The lowest BCUT2D eigenvalue weighted by Crippen LogP contribution is -2.44. The van der Waals surface area contributed by atoms with E-state index < -0.39 is 16.0 Å². The molecule has 1 aliphatic heterocycles. The molecule has 2 N–H and O–H groups in total. The molecule has 4 aromatic carbocycles. The summed E-state index contributed by atoms with van der Waals surface area (Å²) in [7, 11) is 2.13. The summed E-state index contributed by atoms with van der Waals surface area (Å²) in [4.78, 5) is 14.3. The highest BCUT2D eigenvalue weighted by Gasteiger charge is 2.39. The van der Waals surface area contributed by atoms with Crippen LogP contribution in [0.15, 0.2) is 91.0 Å². The molecule has 0 bridgehead atoms. The zero-order chi connectivity index (χ0) is 31.4. The first-order valence-electron chi connectivity index (χ1n) is 14.7. The molecule has 232 valence electrons. The van der Waals surface area contributed by atoms with Crippen molar-refractivity contribution in [1.29, 1.82) is 0 Å². The number of nitrogens with zero attached hydrogens (tertiary/aromatic N) is 1. The van der Waals surface area contributed by atoms with E-state index in [-0.39, 0.29) is 37.3 Å². The lowest BCUT2D eigenvalue weighted by atomic mass is 9.89. The van der Waals surface area contributed by atoms with Crippen molar-refractivity contribution in [2.75, 3.05) is 13.6 Å². The van der Waals surface area contributed by atoms with E-state index in [1.165, 1.54) is 16.3 Å². The second-order valence-corrected chi connectivity index (χ2v) is 13.7. The van der Waals surface area contributed by atoms with Crippen molar-refractivity contribution < 1.29 is 19.4 Å². The summed E-state index contributed by atoms with van der Waals surface area (Å²) in [6.07, 6.45) is -0.959. The Morgan fingerprint density at radius 2 is 1.55 bits per heavy atom. The fourth-order valence-corrected chi connectivity index (χ4v) is 5.77. The zero-order valence-electron chi connectivity index (χ0n) is 24.9. The number of ether oxygens (including phenoxy) is 2. The van der Waals surface area contributed by atoms with Gasteiger partial charge in [0.25, 0.3) is 9.70 Å². The number of nitrogens with one attached hydrogen (secondary N) is 1. The zero-order valence-corrected chi connectivity index (χ0v) is 27.2. The minimum absolute atomic E-state index is 0.0123. The number of aliphatic hydroxyl groups excluding tert-OH is 1. The molecule has 0 saturated carbocycles. The molecule has 0 aliphatic carbocycles. The molecular weight excluding hydrogens is 619 g/mol. The van der Waals surface area contributed by atoms with Crippen molar-refractivity contribution in [3.8, 4) is 0 Å². The quantitative estimate of drug-likeness (QED) is 0.180. The summed E-state index contributed by atoms with van der Waals surface area (Å²) >= 11 is 17.0. The molecule has 9 heteroatoms. The van der Waals surface area contributed by atoms with Crippen molar-refractivity contribution in [1.82, 2.24) is 10.2 Å². The monoisotopic (exact) mass is 654 g/mol. The van der Waals surface area contributed by atoms with Gasteiger partial charge in [-0.1, -0.05) is 127 Å². The first kappa shape index (κ1) is 32.7. The van der Waals surface area contributed by atoms with Crippen LogP contribution >= 0.6 is 34.8 Å². The van der Waals surface area contributed by atoms with Gasteiger partial charge in [-0.05, 0) is 53.1 Å². The van der Waals surface area contributed by atoms with Crippen LogP contribution in [0.1, 0.15) is 60.1 Å². The molecule has 1 heterocycles. The Kier molecular flexibility index (Phi) is 10.5. The molecule has 0 unspecified atom stereocenters. The second-order valence-electron chi connectivity index (χ2n) is 11.5. The molecule has 4 aromatic rings. The van der Waals surface area contributed by atoms with E-state index >= 15 is 0 Å². The highest BCUT2D eigenvalue weighted by atomic mass is 35.6. The SMILES string of the molecule is C[C@H]1[C@@H](CN(C)[C@H](C)c2ccc3ccccc3c2)O[C@@H](c2ccc(CNC(=O)C(Cl)(Cl)Cl)cc2)O[C@H]1c1ccc(CO)cc1. The Bertz CT molecular complexity index is 1560. The van der Waals surface area contributed by atoms with E-state index in [1.807, 2.05) is 48.5 Å². The van der Waals surface area contributed by atoms with Gasteiger partial charge in [0, 0.05) is 30.6 Å². The highest BCUT2D eigenvalue weighted by Crippen LogP contribution is 2.42. The molecule has 1 fully saturated rings. The van der Waals surface area contributed by atoms with Gasteiger partial charge in [-0.15, -0.1) is 0 Å². The van der Waals surface area contributed by atoms with Gasteiger partial charge in [0.2, 0.25) is 0 Å². The van der Waals surface area contributed by atoms with Gasteiger partial charge in [-0.3, -0.25) is 9.69 Å². The molecule has 6 nitrogen and oxygen atoms in total. The molecule has 0 radical (unpaired) electrons. The molecule has 1 amide bonds. The van der Waals surface area contributed by atoms with Crippen LogP contribution in [0.3, 0.4) is 0 Å². The number of halogens is 3. The van der Waals surface area contributed by atoms with Crippen LogP contribution in [0, 0.1) is 5.92 Å². The number of fused-ring (bicyclic) bond motifs is 1. The Hall–Kier alpha value is -2.68. The number of hydrogen-bond donors (Lipinski definition) is 2. The minimum Gasteiger partial charge on any atom is -0.392 e. The van der Waals surface area contributed by atoms with Gasteiger partial charge < -0.3 is 19.9 Å². The van der Waals surface area contributed by atoms with E-state index in [0.717, 1.165) is 22.3 Å². The number of aliphatic hydroxyl groups is 1. The van der Waals surface area contributed by atoms with Crippen LogP contribution in [-0.2, 0) is 27.4 Å². The fraction of sp³-hybridized carbons (Fsp3) is 0.343. The predicted molar refractivity (Wildman–Crippen MR) is 177 cm³/mol. The lowest BCUT2D eigenvalue weighted by Gasteiger charge is -2.43. The normalized spacial score (nSPS) is 21.4. The first-order chi connectivity index (χ1) is 21.0. The van der Waals surface area contributed by atoms with Crippen molar-refractivity contribution in [3.05, 3.63) is 119 Å². The van der Waals surface area contributed by atoms with Crippen LogP contribution in [0.5, 0.6) is 0 Å². The summed E-state index contributed by atoms with van der Waals surface area (Å²) in [5, 5.41) is 14.6. The predicted octanol–water partition coefficient (Wildman–Crippen LogP) is 7.80. The minimum atomic E-state index is -2.02. The Morgan fingerprint density at radius 1 is 0.909 bits per heavy atom. The van der Waals surface area contributed by atoms with Crippen LogP contribution in [0.4, 0.5) is 0 Å². The molecule has 0 aromatic heterocycles. The van der Waals surface area contributed by atoms with E-state index in [4.69, 9.17) is 44.3 Å². The molecule has 44 heavy (non-hydrogen) atoms. The van der Waals surface area contributed by atoms with Gasteiger partial charge >= 0.3 is 0 Å². The van der Waals surface area contributed by atoms with Crippen molar-refractivity contribution in [2.45, 2.75) is 55.3 Å². The highest BCUT2D eigenvalue weighted by molar-refractivity contribution is 6.76. The number of benzene rings is 4. The number of rotatable bonds is 9. The molecule has 1 aliphatic rings. The van der Waals surface area contributed by atoms with E-state index in [0.29, 0.717) is 6.54 Å². The maximum absolute atomic E-state index is 11.9. The van der Waals surface area contributed by atoms with Crippen LogP contribution in [0.25, 0.3) is 10.8 Å². The lowest BCUT2D eigenvalue weighted by molar-refractivity contribution is -0.276. The maximum Gasteiger partial charge on any atom is 0.272 e. The average Bonchev–Trinajstić information content (AvgIpc) is 3.03. The largest absolute Gasteiger partial charge is 0.392 e. The van der Waals surface area contributed by atoms with Gasteiger partial charge in [-0.25, -0.2) is 0 Å². The van der Waals surface area contributed by atoms with Gasteiger partial charge in [0.1, 0.15) is 0 Å². The third-order valence-electron chi connectivity index (χ3n) is 8.47. The Balaban J connectivity index is 1.35. The fourth-order valence-electron chi connectivity index (χ4n) is 5.57. The smallest absolute Gasteiger partial charge is 0.272 e. The van der Waals surface area contributed by atoms with Gasteiger partial charge in [-0.2, -0.15) is 0 Å². The van der Waals surface area contributed by atoms with Crippen molar-refractivity contribution in [3.63, 3.8) is 0 Å². The maximum atomic E-state index is 11.9. The first-order valence-corrected chi connectivity index (χ1v) is 15.8. The summed E-state index contributed by atoms with van der Waals surface area (Å²) in [5.41, 5.74) is 4.83. The third kappa shape index (κ3) is 7.75. The van der Waals surface area contributed by atoms with Gasteiger partial charge in [0.05, 0.1) is 18.8 Å².